The third kappa shape index (κ3) is 3.41. The van der Waals surface area contributed by atoms with Gasteiger partial charge in [0.2, 0.25) is 0 Å². The van der Waals surface area contributed by atoms with Crippen LogP contribution in [-0.2, 0) is 14.3 Å². The van der Waals surface area contributed by atoms with Gasteiger partial charge in [0.25, 0.3) is 0 Å². The molecule has 0 spiro atoms. The molecule has 1 N–H and O–H groups in total. The molecule has 0 aliphatic rings. The number of hydrogen-bond acceptors (Lipinski definition) is 3. The lowest BCUT2D eigenvalue weighted by atomic mass is 9.94. The number of rotatable bonds is 5. The SMILES string of the molecule is CCOC(=O)C(=C(C(=O)O)c1ccccc1)c1ccccc1. The summed E-state index contributed by atoms with van der Waals surface area (Å²) in [4.78, 5) is 24.1. The zero-order chi connectivity index (χ0) is 15.9. The van der Waals surface area contributed by atoms with Crippen LogP contribution in [-0.4, -0.2) is 23.7 Å². The van der Waals surface area contributed by atoms with Crippen molar-refractivity contribution in [3.63, 3.8) is 0 Å². The second-order valence-electron chi connectivity index (χ2n) is 4.51. The first-order chi connectivity index (χ1) is 10.6. The molecule has 0 saturated heterocycles. The molecule has 2 aromatic rings. The normalized spacial score (nSPS) is 11.5. The smallest absolute Gasteiger partial charge is 0.339 e. The van der Waals surface area contributed by atoms with E-state index in [-0.39, 0.29) is 17.8 Å². The van der Waals surface area contributed by atoms with Crippen molar-refractivity contribution in [2.75, 3.05) is 6.61 Å². The Morgan fingerprint density at radius 1 is 0.864 bits per heavy atom. The van der Waals surface area contributed by atoms with Gasteiger partial charge in [0.05, 0.1) is 17.8 Å². The number of aliphatic carboxylic acids is 1. The van der Waals surface area contributed by atoms with Crippen LogP contribution < -0.4 is 0 Å². The minimum Gasteiger partial charge on any atom is -0.478 e. The Hall–Kier alpha value is -2.88. The van der Waals surface area contributed by atoms with E-state index in [2.05, 4.69) is 0 Å². The van der Waals surface area contributed by atoms with Gasteiger partial charge < -0.3 is 9.84 Å². The molecule has 22 heavy (non-hydrogen) atoms. The average Bonchev–Trinajstić information content (AvgIpc) is 2.54. The number of esters is 1. The minimum absolute atomic E-state index is 0.0566. The molecule has 112 valence electrons. The van der Waals surface area contributed by atoms with Crippen LogP contribution in [0.3, 0.4) is 0 Å². The Morgan fingerprint density at radius 2 is 1.32 bits per heavy atom. The number of ether oxygens (including phenoxy) is 1. The summed E-state index contributed by atoms with van der Waals surface area (Å²) >= 11 is 0. The molecule has 0 fully saturated rings. The maximum absolute atomic E-state index is 12.3. The molecular weight excluding hydrogens is 280 g/mol. The van der Waals surface area contributed by atoms with Crippen molar-refractivity contribution in [1.82, 2.24) is 0 Å². The fourth-order valence-corrected chi connectivity index (χ4v) is 2.15. The third-order valence-corrected chi connectivity index (χ3v) is 3.07. The molecule has 0 atom stereocenters. The van der Waals surface area contributed by atoms with E-state index in [0.29, 0.717) is 11.1 Å². The highest BCUT2D eigenvalue weighted by Crippen LogP contribution is 2.28. The summed E-state index contributed by atoms with van der Waals surface area (Å²) in [6.07, 6.45) is 0. The molecule has 0 aliphatic carbocycles. The number of carboxylic acid groups (broad SMARTS) is 1. The van der Waals surface area contributed by atoms with E-state index in [1.54, 1.807) is 67.6 Å². The second kappa shape index (κ2) is 7.22. The van der Waals surface area contributed by atoms with Crippen LogP contribution in [0.2, 0.25) is 0 Å². The predicted octanol–water partition coefficient (Wildman–Crippen LogP) is 3.25. The molecule has 0 unspecified atom stereocenters. The molecule has 0 bridgehead atoms. The summed E-state index contributed by atoms with van der Waals surface area (Å²) in [5.74, 6) is -1.81. The Morgan fingerprint density at radius 3 is 1.73 bits per heavy atom. The van der Waals surface area contributed by atoms with Gasteiger partial charge in [-0.05, 0) is 18.1 Å². The molecule has 4 heteroatoms. The van der Waals surface area contributed by atoms with Crippen LogP contribution in [0.4, 0.5) is 0 Å². The van der Waals surface area contributed by atoms with Crippen molar-refractivity contribution in [1.29, 1.82) is 0 Å². The number of benzene rings is 2. The van der Waals surface area contributed by atoms with Crippen molar-refractivity contribution in [3.05, 3.63) is 71.8 Å². The van der Waals surface area contributed by atoms with E-state index in [4.69, 9.17) is 4.74 Å². The number of carbonyl (C=O) groups is 2. The minimum atomic E-state index is -1.17. The van der Waals surface area contributed by atoms with Gasteiger partial charge in [-0.15, -0.1) is 0 Å². The van der Waals surface area contributed by atoms with Crippen molar-refractivity contribution < 1.29 is 19.4 Å². The fourth-order valence-electron chi connectivity index (χ4n) is 2.15. The standard InChI is InChI=1S/C18H16O4/c1-2-22-18(21)16(14-11-7-4-8-12-14)15(17(19)20)13-9-5-3-6-10-13/h3-12H,2H2,1H3,(H,19,20). The van der Waals surface area contributed by atoms with Crippen LogP contribution in [0.25, 0.3) is 11.1 Å². The molecule has 0 radical (unpaired) electrons. The molecule has 0 saturated carbocycles. The van der Waals surface area contributed by atoms with Crippen LogP contribution in [0.1, 0.15) is 18.1 Å². The Bertz CT molecular complexity index is 688. The van der Waals surface area contributed by atoms with Gasteiger partial charge >= 0.3 is 11.9 Å². The third-order valence-electron chi connectivity index (χ3n) is 3.07. The predicted molar refractivity (Wildman–Crippen MR) is 84.0 cm³/mol. The van der Waals surface area contributed by atoms with Gasteiger partial charge in [-0.25, -0.2) is 9.59 Å². The van der Waals surface area contributed by atoms with Gasteiger partial charge in [-0.1, -0.05) is 60.7 Å². The molecule has 2 rings (SSSR count). The zero-order valence-corrected chi connectivity index (χ0v) is 12.2. The number of hydrogen-bond donors (Lipinski definition) is 1. The Kier molecular flexibility index (Phi) is 5.09. The van der Waals surface area contributed by atoms with E-state index in [1.807, 2.05) is 0 Å². The van der Waals surface area contributed by atoms with E-state index in [0.717, 1.165) is 0 Å². The maximum atomic E-state index is 12.3. The lowest BCUT2D eigenvalue weighted by molar-refractivity contribution is -0.136. The Labute approximate surface area is 128 Å². The van der Waals surface area contributed by atoms with Crippen molar-refractivity contribution >= 4 is 23.1 Å². The summed E-state index contributed by atoms with van der Waals surface area (Å²) < 4.78 is 5.05. The average molecular weight is 296 g/mol. The van der Waals surface area contributed by atoms with Crippen LogP contribution >= 0.6 is 0 Å². The van der Waals surface area contributed by atoms with E-state index < -0.39 is 11.9 Å². The van der Waals surface area contributed by atoms with Crippen molar-refractivity contribution in [2.45, 2.75) is 6.92 Å². The highest BCUT2D eigenvalue weighted by molar-refractivity contribution is 6.36. The van der Waals surface area contributed by atoms with Gasteiger partial charge in [-0.2, -0.15) is 0 Å². The van der Waals surface area contributed by atoms with Gasteiger partial charge in [0, 0.05) is 0 Å². The summed E-state index contributed by atoms with van der Waals surface area (Å²) in [6, 6.07) is 17.2. The van der Waals surface area contributed by atoms with Gasteiger partial charge in [0.1, 0.15) is 0 Å². The van der Waals surface area contributed by atoms with Crippen molar-refractivity contribution in [2.24, 2.45) is 0 Å². The quantitative estimate of drug-likeness (QED) is 0.522. The number of carbonyl (C=O) groups excluding carboxylic acids is 1. The highest BCUT2D eigenvalue weighted by Gasteiger charge is 2.24. The van der Waals surface area contributed by atoms with Crippen LogP contribution in [0, 0.1) is 0 Å². The molecule has 0 heterocycles. The highest BCUT2D eigenvalue weighted by atomic mass is 16.5. The lowest BCUT2D eigenvalue weighted by Gasteiger charge is -2.12. The largest absolute Gasteiger partial charge is 0.478 e. The first-order valence-electron chi connectivity index (χ1n) is 6.90. The zero-order valence-electron chi connectivity index (χ0n) is 12.2. The molecule has 2 aromatic carbocycles. The Balaban J connectivity index is 2.71. The molecule has 0 aliphatic heterocycles. The summed E-state index contributed by atoms with van der Waals surface area (Å²) in [5, 5.41) is 9.61. The first-order valence-corrected chi connectivity index (χ1v) is 6.90. The lowest BCUT2D eigenvalue weighted by Crippen LogP contribution is -2.13. The first kappa shape index (κ1) is 15.5. The van der Waals surface area contributed by atoms with Crippen LogP contribution in [0.15, 0.2) is 60.7 Å². The topological polar surface area (TPSA) is 63.6 Å². The fraction of sp³-hybridized carbons (Fsp3) is 0.111. The van der Waals surface area contributed by atoms with Crippen LogP contribution in [0.5, 0.6) is 0 Å². The van der Waals surface area contributed by atoms with E-state index in [1.165, 1.54) is 0 Å². The van der Waals surface area contributed by atoms with E-state index in [9.17, 15) is 14.7 Å². The second-order valence-corrected chi connectivity index (χ2v) is 4.51. The molecule has 0 amide bonds. The van der Waals surface area contributed by atoms with Gasteiger partial charge in [0.15, 0.2) is 0 Å². The molecular formula is C18H16O4. The maximum Gasteiger partial charge on any atom is 0.339 e. The van der Waals surface area contributed by atoms with Crippen molar-refractivity contribution in [3.8, 4) is 0 Å². The summed E-state index contributed by atoms with van der Waals surface area (Å²) in [7, 11) is 0. The van der Waals surface area contributed by atoms with Gasteiger partial charge in [-0.3, -0.25) is 0 Å². The summed E-state index contributed by atoms with van der Waals surface area (Å²) in [5.41, 5.74) is 0.968. The van der Waals surface area contributed by atoms with E-state index >= 15 is 0 Å². The number of carboxylic acids is 1. The molecule has 0 aromatic heterocycles. The monoisotopic (exact) mass is 296 g/mol. The molecule has 4 nitrogen and oxygen atoms in total. The summed E-state index contributed by atoms with van der Waals surface area (Å²) in [6.45, 7) is 1.86.